The zero-order valence-electron chi connectivity index (χ0n) is 14.0. The van der Waals surface area contributed by atoms with E-state index in [0.717, 1.165) is 5.76 Å². The molecule has 1 aromatic carbocycles. The molecule has 2 aromatic rings. The molecule has 0 fully saturated rings. The monoisotopic (exact) mass is 360 g/mol. The number of allylic oxidation sites excluding steroid dienone is 6. The van der Waals surface area contributed by atoms with Crippen LogP contribution in [-0.4, -0.2) is 28.4 Å². The summed E-state index contributed by atoms with van der Waals surface area (Å²) in [6.45, 7) is 3.62. The Bertz CT molecular complexity index is 848. The van der Waals surface area contributed by atoms with Gasteiger partial charge in [0.05, 0.1) is 18.4 Å². The van der Waals surface area contributed by atoms with Crippen molar-refractivity contribution in [1.82, 2.24) is 10.2 Å². The second-order valence-corrected chi connectivity index (χ2v) is 5.59. The molecule has 130 valence electrons. The summed E-state index contributed by atoms with van der Waals surface area (Å²) in [7, 11) is 1.58. The number of hydrogen-bond acceptors (Lipinski definition) is 5. The number of rotatable bonds is 6. The highest BCUT2D eigenvalue weighted by molar-refractivity contribution is 6.31. The maximum atomic E-state index is 10.9. The van der Waals surface area contributed by atoms with Gasteiger partial charge in [-0.1, -0.05) is 11.6 Å². The summed E-state index contributed by atoms with van der Waals surface area (Å²) >= 11 is 6.14. The molecule has 0 unspecified atom stereocenters. The van der Waals surface area contributed by atoms with Crippen molar-refractivity contribution in [2.45, 2.75) is 13.8 Å². The number of benzene rings is 1. The first-order valence-electron chi connectivity index (χ1n) is 7.34. The van der Waals surface area contributed by atoms with E-state index in [4.69, 9.17) is 25.9 Å². The molecule has 0 saturated heterocycles. The summed E-state index contributed by atoms with van der Waals surface area (Å²) in [6, 6.07) is 6.19. The predicted octanol–water partition coefficient (Wildman–Crippen LogP) is 4.51. The molecule has 2 rings (SSSR count). The number of aromatic carboxylic acids is 1. The molecule has 1 N–H and O–H groups in total. The van der Waals surface area contributed by atoms with E-state index in [0.29, 0.717) is 28.0 Å². The zero-order valence-corrected chi connectivity index (χ0v) is 14.7. The van der Waals surface area contributed by atoms with Gasteiger partial charge in [-0.05, 0) is 56.3 Å². The highest BCUT2D eigenvalue weighted by Gasteiger charge is 2.11. The van der Waals surface area contributed by atoms with Crippen LogP contribution in [0, 0.1) is 0 Å². The zero-order chi connectivity index (χ0) is 18.4. The van der Waals surface area contributed by atoms with Crippen LogP contribution in [0.1, 0.15) is 30.1 Å². The van der Waals surface area contributed by atoms with Crippen molar-refractivity contribution in [3.8, 4) is 11.5 Å². The second-order valence-electron chi connectivity index (χ2n) is 5.16. The molecule has 7 heteroatoms. The van der Waals surface area contributed by atoms with Gasteiger partial charge < -0.3 is 14.3 Å². The van der Waals surface area contributed by atoms with E-state index < -0.39 is 5.97 Å². The molecule has 0 amide bonds. The third-order valence-electron chi connectivity index (χ3n) is 3.29. The number of aromatic nitrogens is 2. The lowest BCUT2D eigenvalue weighted by molar-refractivity contribution is 0.0697. The molecule has 0 aliphatic rings. The average Bonchev–Trinajstić information content (AvgIpc) is 3.10. The normalized spacial score (nSPS) is 13.0. The van der Waals surface area contributed by atoms with Crippen LogP contribution < -0.4 is 0 Å². The molecular weight excluding hydrogens is 344 g/mol. The molecule has 0 aliphatic carbocycles. The standard InChI is InChI=1S/C18H17ClN2O4/c1-11(10-15(19)9-4-12(2)24-3)16-20-21-17(25-16)13-5-7-14(8-6-13)18(22)23/h4-10H,1-3H3,(H,22,23)/b11-10+,12-4+,15-9+. The first-order valence-corrected chi connectivity index (χ1v) is 7.72. The van der Waals surface area contributed by atoms with E-state index in [-0.39, 0.29) is 5.56 Å². The minimum absolute atomic E-state index is 0.191. The van der Waals surface area contributed by atoms with Gasteiger partial charge in [0.25, 0.3) is 0 Å². The van der Waals surface area contributed by atoms with Crippen LogP contribution in [0.5, 0.6) is 0 Å². The molecule has 25 heavy (non-hydrogen) atoms. The molecule has 0 radical (unpaired) electrons. The third kappa shape index (κ3) is 5.06. The van der Waals surface area contributed by atoms with Crippen LogP contribution in [0.3, 0.4) is 0 Å². The van der Waals surface area contributed by atoms with Crippen molar-refractivity contribution in [1.29, 1.82) is 0 Å². The number of hydrogen-bond donors (Lipinski definition) is 1. The maximum absolute atomic E-state index is 10.9. The number of nitrogens with zero attached hydrogens (tertiary/aromatic N) is 2. The smallest absolute Gasteiger partial charge is 0.335 e. The molecule has 0 spiro atoms. The Labute approximate surface area is 150 Å². The predicted molar refractivity (Wildman–Crippen MR) is 95.0 cm³/mol. The van der Waals surface area contributed by atoms with Crippen LogP contribution in [0.4, 0.5) is 0 Å². The Morgan fingerprint density at radius 1 is 1.20 bits per heavy atom. The quantitative estimate of drug-likeness (QED) is 0.602. The van der Waals surface area contributed by atoms with Gasteiger partial charge in [-0.25, -0.2) is 4.79 Å². The molecule has 1 aromatic heterocycles. The van der Waals surface area contributed by atoms with Crippen LogP contribution in [0.25, 0.3) is 17.0 Å². The average molecular weight is 361 g/mol. The number of halogens is 1. The van der Waals surface area contributed by atoms with Crippen LogP contribution in [0.2, 0.25) is 0 Å². The van der Waals surface area contributed by atoms with Gasteiger partial charge in [0.1, 0.15) is 0 Å². The topological polar surface area (TPSA) is 85.5 Å². The SMILES string of the molecule is CO/C(C)=C/C=C(Cl)\C=C(/C)c1nnc(-c2ccc(C(=O)O)cc2)o1. The van der Waals surface area contributed by atoms with Crippen molar-refractivity contribution in [3.63, 3.8) is 0 Å². The minimum atomic E-state index is -0.990. The fourth-order valence-corrected chi connectivity index (χ4v) is 2.06. The maximum Gasteiger partial charge on any atom is 0.335 e. The summed E-state index contributed by atoms with van der Waals surface area (Å²) in [6.07, 6.45) is 5.15. The Morgan fingerprint density at radius 2 is 1.88 bits per heavy atom. The third-order valence-corrected chi connectivity index (χ3v) is 3.53. The number of carboxylic acids is 1. The van der Waals surface area contributed by atoms with E-state index in [1.54, 1.807) is 44.4 Å². The van der Waals surface area contributed by atoms with Crippen molar-refractivity contribution in [3.05, 3.63) is 64.7 Å². The van der Waals surface area contributed by atoms with Gasteiger partial charge in [-0.3, -0.25) is 0 Å². The summed E-state index contributed by atoms with van der Waals surface area (Å²) < 4.78 is 10.6. The minimum Gasteiger partial charge on any atom is -0.501 e. The van der Waals surface area contributed by atoms with E-state index >= 15 is 0 Å². The Kier molecular flexibility index (Phi) is 6.14. The lowest BCUT2D eigenvalue weighted by atomic mass is 10.1. The van der Waals surface area contributed by atoms with Gasteiger partial charge in [-0.15, -0.1) is 10.2 Å². The van der Waals surface area contributed by atoms with Crippen LogP contribution in [-0.2, 0) is 4.74 Å². The van der Waals surface area contributed by atoms with Crippen molar-refractivity contribution in [2.24, 2.45) is 0 Å². The van der Waals surface area contributed by atoms with E-state index in [9.17, 15) is 4.79 Å². The van der Waals surface area contributed by atoms with Crippen molar-refractivity contribution in [2.75, 3.05) is 7.11 Å². The molecule has 0 atom stereocenters. The van der Waals surface area contributed by atoms with E-state index in [1.807, 2.05) is 6.92 Å². The summed E-state index contributed by atoms with van der Waals surface area (Å²) in [5.74, 6) is 0.371. The van der Waals surface area contributed by atoms with Crippen LogP contribution in [0.15, 0.2) is 57.7 Å². The molecule has 0 bridgehead atoms. The second kappa shape index (κ2) is 8.30. The molecule has 0 saturated carbocycles. The van der Waals surface area contributed by atoms with Crippen molar-refractivity contribution >= 4 is 23.1 Å². The summed E-state index contributed by atoms with van der Waals surface area (Å²) in [5, 5.41) is 17.4. The molecule has 0 aliphatic heterocycles. The molecular formula is C18H17ClN2O4. The first-order chi connectivity index (χ1) is 11.9. The Hall–Kier alpha value is -2.86. The Balaban J connectivity index is 2.19. The van der Waals surface area contributed by atoms with E-state index in [1.165, 1.54) is 12.1 Å². The fraction of sp³-hybridized carbons (Fsp3) is 0.167. The van der Waals surface area contributed by atoms with Gasteiger partial charge in [0.15, 0.2) is 0 Å². The highest BCUT2D eigenvalue weighted by Crippen LogP contribution is 2.23. The Morgan fingerprint density at radius 3 is 2.48 bits per heavy atom. The van der Waals surface area contributed by atoms with Crippen LogP contribution >= 0.6 is 11.6 Å². The number of carboxylic acid groups (broad SMARTS) is 1. The summed E-state index contributed by atoms with van der Waals surface area (Å²) in [4.78, 5) is 10.9. The number of carbonyl (C=O) groups is 1. The molecule has 1 heterocycles. The van der Waals surface area contributed by atoms with Crippen molar-refractivity contribution < 1.29 is 19.1 Å². The lowest BCUT2D eigenvalue weighted by Crippen LogP contribution is -1.94. The number of methoxy groups -OCH3 is 1. The first kappa shape index (κ1) is 18.5. The fourth-order valence-electron chi connectivity index (χ4n) is 1.84. The van der Waals surface area contributed by atoms with Gasteiger partial charge in [-0.2, -0.15) is 0 Å². The highest BCUT2D eigenvalue weighted by atomic mass is 35.5. The largest absolute Gasteiger partial charge is 0.501 e. The van der Waals surface area contributed by atoms with Gasteiger partial charge in [0, 0.05) is 16.2 Å². The van der Waals surface area contributed by atoms with Gasteiger partial charge in [0.2, 0.25) is 11.8 Å². The summed E-state index contributed by atoms with van der Waals surface area (Å²) in [5.41, 5.74) is 1.53. The lowest BCUT2D eigenvalue weighted by Gasteiger charge is -1.97. The van der Waals surface area contributed by atoms with E-state index in [2.05, 4.69) is 10.2 Å². The number of ether oxygens (including phenoxy) is 1. The van der Waals surface area contributed by atoms with Gasteiger partial charge >= 0.3 is 5.97 Å². The molecule has 6 nitrogen and oxygen atoms in total.